The maximum absolute atomic E-state index is 13.0. The van der Waals surface area contributed by atoms with Gasteiger partial charge in [-0.1, -0.05) is 65.8 Å². The van der Waals surface area contributed by atoms with Crippen LogP contribution >= 0.6 is 23.4 Å². The van der Waals surface area contributed by atoms with E-state index in [9.17, 15) is 13.2 Å². The summed E-state index contributed by atoms with van der Waals surface area (Å²) in [5, 5.41) is 12.3. The van der Waals surface area contributed by atoms with Crippen LogP contribution in [-0.4, -0.2) is 20.2 Å². The third kappa shape index (κ3) is 6.08. The van der Waals surface area contributed by atoms with Gasteiger partial charge in [0.25, 0.3) is 5.91 Å². The Kier molecular flexibility index (Phi) is 7.53. The van der Waals surface area contributed by atoms with Crippen LogP contribution in [0.1, 0.15) is 27.0 Å². The van der Waals surface area contributed by atoms with Crippen LogP contribution in [0.2, 0.25) is 5.02 Å². The van der Waals surface area contributed by atoms with Crippen LogP contribution in [-0.2, 0) is 23.1 Å². The predicted molar refractivity (Wildman–Crippen MR) is 152 cm³/mol. The average Bonchev–Trinajstić information content (AvgIpc) is 3.07. The smallest absolute Gasteiger partial charge is 0.348 e. The van der Waals surface area contributed by atoms with Crippen molar-refractivity contribution in [3.8, 4) is 0 Å². The Hall–Kier alpha value is -3.63. The molecule has 0 aromatic heterocycles. The number of carbonyl (C=O) groups excluding carboxylic acids is 1. The summed E-state index contributed by atoms with van der Waals surface area (Å²) in [5.41, 5.74) is 4.09. The van der Waals surface area contributed by atoms with Gasteiger partial charge < -0.3 is 10.6 Å². The number of carbonyl (C=O) groups is 1. The summed E-state index contributed by atoms with van der Waals surface area (Å²) in [6.45, 7) is 0.733. The first-order valence-corrected chi connectivity index (χ1v) is 14.4. The number of fused-ring (bicyclic) bond motifs is 2. The van der Waals surface area contributed by atoms with Gasteiger partial charge in [-0.25, -0.2) is 4.21 Å². The normalized spacial score (nSPS) is 14.9. The van der Waals surface area contributed by atoms with Crippen LogP contribution in [0.3, 0.4) is 0 Å². The molecule has 0 fully saturated rings. The molecule has 7 nitrogen and oxygen atoms in total. The zero-order chi connectivity index (χ0) is 26.7. The van der Waals surface area contributed by atoms with E-state index in [0.29, 0.717) is 17.1 Å². The number of aliphatic imine (C=N–C) groups is 1. The fourth-order valence-corrected chi connectivity index (χ4v) is 5.56. The van der Waals surface area contributed by atoms with E-state index >= 15 is 0 Å². The molecule has 1 unspecified atom stereocenters. The highest BCUT2D eigenvalue weighted by Crippen LogP contribution is 2.39. The third-order valence-electron chi connectivity index (χ3n) is 5.90. The lowest BCUT2D eigenvalue weighted by Crippen LogP contribution is -2.23. The molecule has 0 saturated carbocycles. The van der Waals surface area contributed by atoms with Crippen molar-refractivity contribution in [2.24, 2.45) is 10.1 Å². The van der Waals surface area contributed by atoms with Gasteiger partial charge in [0.15, 0.2) is 0 Å². The molecule has 5 rings (SSSR count). The van der Waals surface area contributed by atoms with Gasteiger partial charge in [0.1, 0.15) is 10.7 Å². The summed E-state index contributed by atoms with van der Waals surface area (Å²) in [6, 6.07) is 27.5. The molecule has 1 amide bonds. The molecule has 1 aliphatic heterocycles. The zero-order valence-corrected chi connectivity index (χ0v) is 22.4. The average molecular weight is 564 g/mol. The van der Waals surface area contributed by atoms with Gasteiger partial charge in [0.2, 0.25) is 0 Å². The molecule has 4 aromatic rings. The lowest BCUT2D eigenvalue weighted by atomic mass is 10.1. The van der Waals surface area contributed by atoms with Gasteiger partial charge in [-0.05, 0) is 59.7 Å². The monoisotopic (exact) mass is 563 g/mol. The van der Waals surface area contributed by atoms with E-state index < -0.39 is 10.0 Å². The summed E-state index contributed by atoms with van der Waals surface area (Å²) in [4.78, 5) is 20.0. The lowest BCUT2D eigenvalue weighted by Gasteiger charge is -2.12. The predicted octanol–water partition coefficient (Wildman–Crippen LogP) is 5.60. The molecular weight excluding hydrogens is 540 g/mol. The Balaban J connectivity index is 1.36. The molecule has 0 saturated heterocycles. The standard InChI is InChI=1S/C28H23ClN4O3S2/c29-21-10-5-18(6-11-21)16-31-27-23-3-1-2-4-25(23)37-26-14-9-20(15-24(26)33-27)28(34)32-17-19-7-12-22(13-8-19)38(30,35)36/h1-15H,16-17H2,(H,31,33)(H,32,34)(H2,30,35,36)/p+1. The van der Waals surface area contributed by atoms with E-state index in [2.05, 4.69) is 16.7 Å². The molecule has 1 heterocycles. The van der Waals surface area contributed by atoms with Crippen LogP contribution in [0.4, 0.5) is 5.69 Å². The van der Waals surface area contributed by atoms with Gasteiger partial charge in [-0.3, -0.25) is 9.79 Å². The molecule has 10 heteroatoms. The van der Waals surface area contributed by atoms with Gasteiger partial charge in [-0.15, -0.1) is 0 Å². The van der Waals surface area contributed by atoms with Crippen LogP contribution in [0.15, 0.2) is 111 Å². The van der Waals surface area contributed by atoms with E-state index in [1.807, 2.05) is 54.6 Å². The number of nitrogens with two attached hydrogens (primary N) is 1. The van der Waals surface area contributed by atoms with Gasteiger partial charge in [0.05, 0.1) is 12.2 Å². The number of nitrogens with one attached hydrogen (secondary N) is 2. The summed E-state index contributed by atoms with van der Waals surface area (Å²) in [5.74, 6) is 0.481. The Morgan fingerprint density at radius 3 is 2.42 bits per heavy atom. The second-order valence-electron chi connectivity index (χ2n) is 8.62. The van der Waals surface area contributed by atoms with Crippen molar-refractivity contribution < 1.29 is 13.2 Å². The first-order valence-electron chi connectivity index (χ1n) is 11.6. The number of benzene rings is 4. The molecular formula is C28H24ClN4O3S2+. The van der Waals surface area contributed by atoms with Crippen molar-refractivity contribution in [1.29, 1.82) is 0 Å². The highest BCUT2D eigenvalue weighted by atomic mass is 35.5. The Labute approximate surface area is 230 Å². The van der Waals surface area contributed by atoms with Crippen molar-refractivity contribution in [3.05, 3.63) is 118 Å². The van der Waals surface area contributed by atoms with Gasteiger partial charge in [-0.2, -0.15) is 9.35 Å². The van der Waals surface area contributed by atoms with Crippen molar-refractivity contribution >= 4 is 50.8 Å². The molecule has 0 spiro atoms. The molecule has 5 N–H and O–H groups in total. The lowest BCUT2D eigenvalue weighted by molar-refractivity contribution is 0.0951. The second kappa shape index (κ2) is 11.0. The minimum absolute atomic E-state index is 0.136. The first kappa shape index (κ1) is 26.0. The molecule has 1 atom stereocenters. The number of anilines is 1. The van der Waals surface area contributed by atoms with Crippen molar-refractivity contribution in [2.45, 2.75) is 27.8 Å². The number of hydrogen-bond donors (Lipinski definition) is 3. The van der Waals surface area contributed by atoms with Crippen molar-refractivity contribution in [1.82, 2.24) is 5.32 Å². The Bertz CT molecular complexity index is 1640. The molecule has 4 aromatic carbocycles. The summed E-state index contributed by atoms with van der Waals surface area (Å²) in [6.07, 6.45) is 0. The first-order chi connectivity index (χ1) is 18.3. The number of halogens is 1. The zero-order valence-electron chi connectivity index (χ0n) is 20.1. The van der Waals surface area contributed by atoms with E-state index in [1.165, 1.54) is 12.1 Å². The molecule has 1 aliphatic rings. The van der Waals surface area contributed by atoms with Gasteiger partial charge in [0, 0.05) is 32.5 Å². The fraction of sp³-hybridized carbons (Fsp3) is 0.0714. The highest BCUT2D eigenvalue weighted by Gasteiger charge is 2.20. The van der Waals surface area contributed by atoms with E-state index in [0.717, 1.165) is 38.0 Å². The summed E-state index contributed by atoms with van der Waals surface area (Å²) in [7, 11) is -3.51. The van der Waals surface area contributed by atoms with Crippen LogP contribution in [0.25, 0.3) is 0 Å². The number of nitrogens with zero attached hydrogens (tertiary/aromatic N) is 1. The van der Waals surface area contributed by atoms with Crippen LogP contribution in [0.5, 0.6) is 0 Å². The Morgan fingerprint density at radius 2 is 1.68 bits per heavy atom. The number of rotatable bonds is 6. The van der Waals surface area contributed by atoms with E-state index in [1.54, 1.807) is 30.0 Å². The van der Waals surface area contributed by atoms with E-state index in [-0.39, 0.29) is 17.3 Å². The highest BCUT2D eigenvalue weighted by molar-refractivity contribution is 7.99. The van der Waals surface area contributed by atoms with Gasteiger partial charge >= 0.3 is 10.0 Å². The number of hydrogen-bond acceptors (Lipinski definition) is 4. The third-order valence-corrected chi connectivity index (χ3v) is 8.26. The number of amidine groups is 1. The molecule has 0 bridgehead atoms. The molecule has 192 valence electrons. The van der Waals surface area contributed by atoms with Crippen LogP contribution in [0, 0.1) is 0 Å². The fourth-order valence-electron chi connectivity index (χ4n) is 3.89. The summed E-state index contributed by atoms with van der Waals surface area (Å²) < 4.78 is 21.0. The SMILES string of the molecule is NS(=O)(=[OH+])c1ccc(CNC(=O)c2ccc3c(c2)NC(=NCc2ccc(Cl)cc2)c2ccccc2S3)cc1. The quantitative estimate of drug-likeness (QED) is 0.265. The molecule has 0 aliphatic carbocycles. The van der Waals surface area contributed by atoms with Crippen molar-refractivity contribution in [3.63, 3.8) is 0 Å². The minimum Gasteiger partial charge on any atom is -0.348 e. The largest absolute Gasteiger partial charge is 0.370 e. The molecule has 0 radical (unpaired) electrons. The van der Waals surface area contributed by atoms with Crippen molar-refractivity contribution in [2.75, 3.05) is 5.32 Å². The maximum Gasteiger partial charge on any atom is 0.370 e. The number of amides is 1. The summed E-state index contributed by atoms with van der Waals surface area (Å²) >= 11 is 7.64. The Morgan fingerprint density at radius 1 is 0.974 bits per heavy atom. The topological polar surface area (TPSA) is 118 Å². The van der Waals surface area contributed by atoms with Crippen LogP contribution < -0.4 is 15.8 Å². The van der Waals surface area contributed by atoms with E-state index in [4.69, 9.17) is 21.7 Å². The maximum atomic E-state index is 13.0. The molecule has 38 heavy (non-hydrogen) atoms. The minimum atomic E-state index is -3.51. The second-order valence-corrected chi connectivity index (χ2v) is 11.7.